The Hall–Kier alpha value is -5.13. The first-order valence-corrected chi connectivity index (χ1v) is 14.6. The minimum absolute atomic E-state index is 0.0293. The zero-order valence-corrected chi connectivity index (χ0v) is 25.5. The molecule has 1 fully saturated rings. The number of rotatable bonds is 5. The van der Waals surface area contributed by atoms with Crippen LogP contribution in [0.15, 0.2) is 54.0 Å². The van der Waals surface area contributed by atoms with Gasteiger partial charge in [0.1, 0.15) is 29.0 Å². The highest BCUT2D eigenvalue weighted by molar-refractivity contribution is 6.11. The second-order valence-corrected chi connectivity index (χ2v) is 11.6. The van der Waals surface area contributed by atoms with Crippen molar-refractivity contribution in [3.63, 3.8) is 0 Å². The molecule has 0 aliphatic carbocycles. The van der Waals surface area contributed by atoms with Crippen LogP contribution in [-0.4, -0.2) is 63.5 Å². The lowest BCUT2D eigenvalue weighted by Gasteiger charge is -2.48. The Labute approximate surface area is 258 Å². The van der Waals surface area contributed by atoms with Crippen LogP contribution < -0.4 is 20.5 Å². The molecular formula is C33H32F2N6O4. The van der Waals surface area contributed by atoms with E-state index in [-0.39, 0.29) is 70.4 Å². The molecule has 1 saturated heterocycles. The number of piperazine rings is 1. The van der Waals surface area contributed by atoms with Crippen LogP contribution in [0.25, 0.3) is 28.0 Å². The van der Waals surface area contributed by atoms with Gasteiger partial charge in [-0.15, -0.1) is 0 Å². The van der Waals surface area contributed by atoms with Gasteiger partial charge >= 0.3 is 0 Å². The lowest BCUT2D eigenvalue weighted by Crippen LogP contribution is -2.64. The maximum atomic E-state index is 16.2. The van der Waals surface area contributed by atoms with Gasteiger partial charge in [0, 0.05) is 24.2 Å². The van der Waals surface area contributed by atoms with E-state index in [0.29, 0.717) is 16.9 Å². The predicted molar refractivity (Wildman–Crippen MR) is 167 cm³/mol. The number of hydrogen-bond acceptors (Lipinski definition) is 7. The molecule has 2 aliphatic rings. The number of benzene rings is 1. The average Bonchev–Trinajstić information content (AvgIpc) is 3.01. The fourth-order valence-electron chi connectivity index (χ4n) is 6.33. The number of aryl methyl sites for hydroxylation is 1. The summed E-state index contributed by atoms with van der Waals surface area (Å²) in [5, 5.41) is 2.98. The molecule has 0 saturated carbocycles. The molecule has 2 aliphatic heterocycles. The van der Waals surface area contributed by atoms with Crippen molar-refractivity contribution in [2.45, 2.75) is 45.7 Å². The fraction of sp³-hybridized carbons (Fsp3) is 0.303. The molecule has 10 nitrogen and oxygen atoms in total. The first-order valence-electron chi connectivity index (χ1n) is 14.6. The molecule has 2 amide bonds. The highest BCUT2D eigenvalue weighted by atomic mass is 19.1. The van der Waals surface area contributed by atoms with E-state index in [1.165, 1.54) is 46.9 Å². The van der Waals surface area contributed by atoms with Crippen molar-refractivity contribution in [3.8, 4) is 22.7 Å². The molecule has 1 aromatic carbocycles. The van der Waals surface area contributed by atoms with Gasteiger partial charge in [0.05, 0.1) is 36.3 Å². The zero-order valence-electron chi connectivity index (χ0n) is 25.5. The maximum Gasteiger partial charge on any atom is 0.282 e. The Kier molecular flexibility index (Phi) is 7.38. The van der Waals surface area contributed by atoms with Gasteiger partial charge in [0.2, 0.25) is 11.8 Å². The van der Waals surface area contributed by atoms with Crippen LogP contribution >= 0.6 is 0 Å². The van der Waals surface area contributed by atoms with Crippen LogP contribution in [0.1, 0.15) is 37.9 Å². The number of ether oxygens (including phenoxy) is 1. The lowest BCUT2D eigenvalue weighted by atomic mass is 9.98. The molecule has 0 spiro atoms. The van der Waals surface area contributed by atoms with E-state index in [2.05, 4.69) is 21.9 Å². The number of nitrogens with zero attached hydrogens (tertiary/aromatic N) is 5. The number of pyridine rings is 3. The number of methoxy groups -OCH3 is 1. The van der Waals surface area contributed by atoms with Gasteiger partial charge in [-0.1, -0.05) is 26.5 Å². The number of nitrogens with one attached hydrogen (secondary N) is 1. The SMILES string of the molecule is C=CC(=O)N1C[C@@H]2C(=O)Nc3c(c4cc(F)c(-c5c(F)cccc5OC)nc4n(-c4c(C)ccnc4C(C)C)c3=O)N2C[C@H]1C. The molecule has 232 valence electrons. The van der Waals surface area contributed by atoms with E-state index in [1.54, 1.807) is 17.2 Å². The van der Waals surface area contributed by atoms with Crippen LogP contribution in [0.3, 0.4) is 0 Å². The molecule has 0 bridgehead atoms. The molecule has 4 aromatic rings. The van der Waals surface area contributed by atoms with Crippen molar-refractivity contribution < 1.29 is 23.1 Å². The van der Waals surface area contributed by atoms with E-state index >= 15 is 8.78 Å². The average molecular weight is 615 g/mol. The van der Waals surface area contributed by atoms with E-state index < -0.39 is 29.1 Å². The molecule has 2 atom stereocenters. The van der Waals surface area contributed by atoms with E-state index in [0.717, 1.165) is 0 Å². The van der Waals surface area contributed by atoms with Crippen LogP contribution in [0.5, 0.6) is 5.75 Å². The third kappa shape index (κ3) is 4.63. The maximum absolute atomic E-state index is 16.2. The number of carbonyl (C=O) groups excluding carboxylic acids is 2. The monoisotopic (exact) mass is 614 g/mol. The van der Waals surface area contributed by atoms with Gasteiger partial charge < -0.3 is 19.9 Å². The zero-order chi connectivity index (χ0) is 32.3. The quantitative estimate of drug-likeness (QED) is 0.325. The molecule has 45 heavy (non-hydrogen) atoms. The number of aromatic nitrogens is 3. The molecule has 0 radical (unpaired) electrons. The summed E-state index contributed by atoms with van der Waals surface area (Å²) in [6.45, 7) is 11.3. The summed E-state index contributed by atoms with van der Waals surface area (Å²) in [6, 6.07) is 5.84. The van der Waals surface area contributed by atoms with Gasteiger partial charge in [-0.3, -0.25) is 23.9 Å². The molecule has 1 N–H and O–H groups in total. The minimum atomic E-state index is -0.864. The molecule has 6 rings (SSSR count). The van der Waals surface area contributed by atoms with Crippen molar-refractivity contribution in [3.05, 3.63) is 82.4 Å². The molecular weight excluding hydrogens is 582 g/mol. The van der Waals surface area contributed by atoms with Crippen LogP contribution in [-0.2, 0) is 9.59 Å². The summed E-state index contributed by atoms with van der Waals surface area (Å²) in [4.78, 5) is 53.2. The third-order valence-electron chi connectivity index (χ3n) is 8.47. The number of amides is 2. The van der Waals surface area contributed by atoms with Crippen LogP contribution in [0.2, 0.25) is 0 Å². The Morgan fingerprint density at radius 3 is 2.60 bits per heavy atom. The van der Waals surface area contributed by atoms with E-state index in [1.807, 2.05) is 27.7 Å². The summed E-state index contributed by atoms with van der Waals surface area (Å²) in [5.41, 5.74) is 0.842. The fourth-order valence-corrected chi connectivity index (χ4v) is 6.33. The van der Waals surface area contributed by atoms with Gasteiger partial charge in [0.15, 0.2) is 11.5 Å². The molecule has 5 heterocycles. The van der Waals surface area contributed by atoms with Crippen molar-refractivity contribution in [2.75, 3.05) is 30.4 Å². The highest BCUT2D eigenvalue weighted by Crippen LogP contribution is 2.42. The number of fused-ring (bicyclic) bond motifs is 5. The summed E-state index contributed by atoms with van der Waals surface area (Å²) in [5.74, 6) is -2.47. The Morgan fingerprint density at radius 2 is 1.91 bits per heavy atom. The summed E-state index contributed by atoms with van der Waals surface area (Å²) < 4.78 is 38.2. The summed E-state index contributed by atoms with van der Waals surface area (Å²) >= 11 is 0. The topological polar surface area (TPSA) is 110 Å². The summed E-state index contributed by atoms with van der Waals surface area (Å²) in [6.07, 6.45) is 2.83. The standard InChI is InChI=1S/C33H32F2N6O4/c1-7-24(42)39-15-22-32(43)38-28-30(40(22)14-18(39)5)19-13-21(35)27(25-20(34)9-8-10-23(25)45-6)37-31(19)41(33(28)44)29-17(4)11-12-36-26(29)16(2)3/h7-13,16,18,22H,1,14-15H2,2-6H3,(H,38,43)/t18-,22-/m1/s1. The second-order valence-electron chi connectivity index (χ2n) is 11.6. The van der Waals surface area contributed by atoms with Crippen molar-refractivity contribution >= 4 is 34.2 Å². The van der Waals surface area contributed by atoms with Crippen molar-refractivity contribution in [2.24, 2.45) is 0 Å². The Morgan fingerprint density at radius 1 is 1.16 bits per heavy atom. The van der Waals surface area contributed by atoms with Gasteiger partial charge in [-0.25, -0.2) is 13.8 Å². The van der Waals surface area contributed by atoms with E-state index in [9.17, 15) is 14.4 Å². The molecule has 12 heteroatoms. The Balaban J connectivity index is 1.73. The van der Waals surface area contributed by atoms with E-state index in [4.69, 9.17) is 4.74 Å². The van der Waals surface area contributed by atoms with Gasteiger partial charge in [-0.2, -0.15) is 0 Å². The third-order valence-corrected chi connectivity index (χ3v) is 8.47. The van der Waals surface area contributed by atoms with Gasteiger partial charge in [0.25, 0.3) is 5.56 Å². The Bertz CT molecular complexity index is 1970. The van der Waals surface area contributed by atoms with Crippen LogP contribution in [0.4, 0.5) is 20.2 Å². The lowest BCUT2D eigenvalue weighted by molar-refractivity contribution is -0.130. The minimum Gasteiger partial charge on any atom is -0.496 e. The number of anilines is 2. The summed E-state index contributed by atoms with van der Waals surface area (Å²) in [7, 11) is 1.35. The second kappa shape index (κ2) is 11.1. The number of hydrogen-bond donors (Lipinski definition) is 1. The highest BCUT2D eigenvalue weighted by Gasteiger charge is 2.44. The largest absolute Gasteiger partial charge is 0.496 e. The first-order chi connectivity index (χ1) is 21.5. The van der Waals surface area contributed by atoms with Gasteiger partial charge in [-0.05, 0) is 55.7 Å². The molecule has 0 unspecified atom stereocenters. The van der Waals surface area contributed by atoms with Crippen molar-refractivity contribution in [1.82, 2.24) is 19.4 Å². The van der Waals surface area contributed by atoms with Crippen molar-refractivity contribution in [1.29, 1.82) is 0 Å². The number of carbonyl (C=O) groups is 2. The van der Waals surface area contributed by atoms with Crippen LogP contribution in [0, 0.1) is 18.6 Å². The smallest absolute Gasteiger partial charge is 0.282 e. The predicted octanol–water partition coefficient (Wildman–Crippen LogP) is 4.71. The number of halogens is 2. The first kappa shape index (κ1) is 29.9. The normalized spacial score (nSPS) is 17.6. The molecule has 3 aromatic heterocycles.